The van der Waals surface area contributed by atoms with Crippen molar-refractivity contribution in [2.45, 2.75) is 6.54 Å². The molecule has 0 aliphatic carbocycles. The summed E-state index contributed by atoms with van der Waals surface area (Å²) in [6, 6.07) is 5.70. The maximum atomic E-state index is 12.0. The lowest BCUT2D eigenvalue weighted by Gasteiger charge is -2.04. The first-order valence-electron chi connectivity index (χ1n) is 6.58. The van der Waals surface area contributed by atoms with Gasteiger partial charge in [-0.25, -0.2) is 0 Å². The number of carbonyl (C=O) groups excluding carboxylic acids is 1. The minimum atomic E-state index is -0.0768. The van der Waals surface area contributed by atoms with Gasteiger partial charge in [0.05, 0.1) is 16.8 Å². The third kappa shape index (κ3) is 3.42. The van der Waals surface area contributed by atoms with Crippen LogP contribution in [0.1, 0.15) is 15.2 Å². The van der Waals surface area contributed by atoms with Crippen LogP contribution in [0.15, 0.2) is 46.6 Å². The van der Waals surface area contributed by atoms with Gasteiger partial charge in [-0.1, -0.05) is 6.07 Å². The summed E-state index contributed by atoms with van der Waals surface area (Å²) >= 11 is 4.75. The summed E-state index contributed by atoms with van der Waals surface area (Å²) in [6.07, 6.45) is 5.46. The first kappa shape index (κ1) is 14.9. The van der Waals surface area contributed by atoms with E-state index in [-0.39, 0.29) is 5.91 Å². The molecular weight excluding hydrogens is 364 g/mol. The quantitative estimate of drug-likeness (QED) is 0.760. The Morgan fingerprint density at radius 3 is 2.86 bits per heavy atom. The zero-order chi connectivity index (χ0) is 15.5. The summed E-state index contributed by atoms with van der Waals surface area (Å²) < 4.78 is 2.66. The van der Waals surface area contributed by atoms with Gasteiger partial charge in [-0.2, -0.15) is 5.10 Å². The fourth-order valence-corrected chi connectivity index (χ4v) is 3.30. The maximum absolute atomic E-state index is 12.0. The number of halogens is 1. The zero-order valence-corrected chi connectivity index (χ0v) is 14.2. The lowest BCUT2D eigenvalue weighted by Crippen LogP contribution is -2.21. The van der Waals surface area contributed by atoms with Crippen molar-refractivity contribution in [3.63, 3.8) is 0 Å². The van der Waals surface area contributed by atoms with E-state index in [4.69, 9.17) is 0 Å². The third-order valence-corrected chi connectivity index (χ3v) is 4.76. The van der Waals surface area contributed by atoms with Crippen LogP contribution in [0.25, 0.3) is 11.3 Å². The Hall–Kier alpha value is -1.99. The van der Waals surface area contributed by atoms with E-state index >= 15 is 0 Å². The van der Waals surface area contributed by atoms with E-state index in [2.05, 4.69) is 31.3 Å². The number of hydrogen-bond donors (Lipinski definition) is 1. The highest BCUT2D eigenvalue weighted by Crippen LogP contribution is 2.20. The van der Waals surface area contributed by atoms with Gasteiger partial charge < -0.3 is 5.32 Å². The molecule has 0 saturated carbocycles. The standard InChI is InChI=1S/C15H13BrN4OS/c1-20-8-11(7-19-20)13-3-2-10(5-17-13)6-18-15(21)14-4-12(16)9-22-14/h2-5,7-9H,6H2,1H3,(H,18,21). The van der Waals surface area contributed by atoms with E-state index < -0.39 is 0 Å². The second kappa shape index (κ2) is 6.41. The predicted octanol–water partition coefficient (Wildman–Crippen LogP) is 3.24. The van der Waals surface area contributed by atoms with E-state index in [9.17, 15) is 4.79 Å². The normalized spacial score (nSPS) is 10.6. The Labute approximate surface area is 140 Å². The molecule has 22 heavy (non-hydrogen) atoms. The highest BCUT2D eigenvalue weighted by Gasteiger charge is 2.08. The van der Waals surface area contributed by atoms with Gasteiger partial charge in [0.2, 0.25) is 0 Å². The van der Waals surface area contributed by atoms with Gasteiger partial charge in [0.15, 0.2) is 0 Å². The molecule has 3 heterocycles. The number of amides is 1. The maximum Gasteiger partial charge on any atom is 0.261 e. The Morgan fingerprint density at radius 2 is 2.27 bits per heavy atom. The minimum absolute atomic E-state index is 0.0768. The van der Waals surface area contributed by atoms with Crippen molar-refractivity contribution < 1.29 is 4.79 Å². The third-order valence-electron chi connectivity index (χ3n) is 3.07. The van der Waals surface area contributed by atoms with Gasteiger partial charge in [-0.15, -0.1) is 11.3 Å². The van der Waals surface area contributed by atoms with E-state index in [0.29, 0.717) is 11.4 Å². The molecule has 0 aliphatic heterocycles. The molecule has 3 aromatic rings. The van der Waals surface area contributed by atoms with Crippen molar-refractivity contribution in [3.8, 4) is 11.3 Å². The number of aryl methyl sites for hydroxylation is 1. The fourth-order valence-electron chi connectivity index (χ4n) is 1.95. The van der Waals surface area contributed by atoms with Crippen molar-refractivity contribution in [1.29, 1.82) is 0 Å². The number of rotatable bonds is 4. The number of carbonyl (C=O) groups is 1. The van der Waals surface area contributed by atoms with Crippen LogP contribution >= 0.6 is 27.3 Å². The van der Waals surface area contributed by atoms with Crippen molar-refractivity contribution in [2.24, 2.45) is 7.05 Å². The average Bonchev–Trinajstić information content (AvgIpc) is 3.14. The first-order chi connectivity index (χ1) is 10.6. The number of hydrogen-bond acceptors (Lipinski definition) is 4. The van der Waals surface area contributed by atoms with Crippen molar-refractivity contribution in [2.75, 3.05) is 0 Å². The summed E-state index contributed by atoms with van der Waals surface area (Å²) in [6.45, 7) is 0.453. The van der Waals surface area contributed by atoms with Crippen molar-refractivity contribution in [3.05, 3.63) is 57.1 Å². The fraction of sp³-hybridized carbons (Fsp3) is 0.133. The summed E-state index contributed by atoms with van der Waals surface area (Å²) in [4.78, 5) is 17.1. The average molecular weight is 377 g/mol. The van der Waals surface area contributed by atoms with Crippen LogP contribution in [0.5, 0.6) is 0 Å². The van der Waals surface area contributed by atoms with Crippen LogP contribution < -0.4 is 5.32 Å². The van der Waals surface area contributed by atoms with Gasteiger partial charge in [-0.05, 0) is 33.6 Å². The van der Waals surface area contributed by atoms with Crippen LogP contribution in [-0.2, 0) is 13.6 Å². The highest BCUT2D eigenvalue weighted by atomic mass is 79.9. The summed E-state index contributed by atoms with van der Waals surface area (Å²) in [5, 5.41) is 8.90. The summed E-state index contributed by atoms with van der Waals surface area (Å²) in [7, 11) is 1.87. The van der Waals surface area contributed by atoms with Crippen LogP contribution in [0, 0.1) is 0 Å². The number of nitrogens with zero attached hydrogens (tertiary/aromatic N) is 3. The molecule has 1 N–H and O–H groups in total. The van der Waals surface area contributed by atoms with Gasteiger partial charge >= 0.3 is 0 Å². The Bertz CT molecular complexity index is 794. The molecular formula is C15H13BrN4OS. The van der Waals surface area contributed by atoms with E-state index in [1.807, 2.05) is 36.8 Å². The minimum Gasteiger partial charge on any atom is -0.347 e. The van der Waals surface area contributed by atoms with Crippen molar-refractivity contribution >= 4 is 33.2 Å². The summed E-state index contributed by atoms with van der Waals surface area (Å²) in [5.74, 6) is -0.0768. The van der Waals surface area contributed by atoms with E-state index in [0.717, 1.165) is 21.3 Å². The molecule has 3 rings (SSSR count). The SMILES string of the molecule is Cn1cc(-c2ccc(CNC(=O)c3cc(Br)cs3)cn2)cn1. The summed E-state index contributed by atoms with van der Waals surface area (Å²) in [5.41, 5.74) is 2.79. The molecule has 0 atom stereocenters. The molecule has 0 aliphatic rings. The van der Waals surface area contributed by atoms with Gasteiger partial charge in [-0.3, -0.25) is 14.5 Å². The molecule has 0 fully saturated rings. The van der Waals surface area contributed by atoms with Crippen LogP contribution in [-0.4, -0.2) is 20.7 Å². The molecule has 0 aromatic carbocycles. The smallest absolute Gasteiger partial charge is 0.261 e. The molecule has 0 saturated heterocycles. The monoisotopic (exact) mass is 376 g/mol. The number of nitrogens with one attached hydrogen (secondary N) is 1. The molecule has 3 aromatic heterocycles. The molecule has 0 spiro atoms. The molecule has 0 radical (unpaired) electrons. The number of aromatic nitrogens is 3. The number of thiophene rings is 1. The van der Waals surface area contributed by atoms with Gasteiger partial charge in [0, 0.05) is 41.4 Å². The number of pyridine rings is 1. The topological polar surface area (TPSA) is 59.8 Å². The second-order valence-corrected chi connectivity index (χ2v) is 6.59. The molecule has 1 amide bonds. The molecule has 0 unspecified atom stereocenters. The second-order valence-electron chi connectivity index (χ2n) is 4.77. The van der Waals surface area contributed by atoms with E-state index in [1.165, 1.54) is 11.3 Å². The Kier molecular flexibility index (Phi) is 4.35. The largest absolute Gasteiger partial charge is 0.347 e. The lowest BCUT2D eigenvalue weighted by molar-refractivity contribution is 0.0955. The molecule has 0 bridgehead atoms. The van der Waals surface area contributed by atoms with Crippen LogP contribution in [0.4, 0.5) is 0 Å². The van der Waals surface area contributed by atoms with Crippen LogP contribution in [0.3, 0.4) is 0 Å². The Morgan fingerprint density at radius 1 is 1.41 bits per heavy atom. The molecule has 112 valence electrons. The Balaban J connectivity index is 1.63. The van der Waals surface area contributed by atoms with Gasteiger partial charge in [0.25, 0.3) is 5.91 Å². The van der Waals surface area contributed by atoms with Gasteiger partial charge in [0.1, 0.15) is 0 Å². The molecule has 7 heteroatoms. The van der Waals surface area contributed by atoms with E-state index in [1.54, 1.807) is 17.1 Å². The zero-order valence-electron chi connectivity index (χ0n) is 11.8. The van der Waals surface area contributed by atoms with Crippen LogP contribution in [0.2, 0.25) is 0 Å². The predicted molar refractivity (Wildman–Crippen MR) is 89.6 cm³/mol. The van der Waals surface area contributed by atoms with Crippen molar-refractivity contribution in [1.82, 2.24) is 20.1 Å². The highest BCUT2D eigenvalue weighted by molar-refractivity contribution is 9.10. The molecule has 5 nitrogen and oxygen atoms in total. The first-order valence-corrected chi connectivity index (χ1v) is 8.25. The lowest BCUT2D eigenvalue weighted by atomic mass is 10.2.